The van der Waals surface area contributed by atoms with Crippen LogP contribution in [0, 0.1) is 13.8 Å². The van der Waals surface area contributed by atoms with E-state index in [0.717, 1.165) is 23.0 Å². The van der Waals surface area contributed by atoms with Crippen molar-refractivity contribution in [2.45, 2.75) is 25.4 Å². The molecule has 2 aromatic rings. The third kappa shape index (κ3) is 2.48. The first-order valence-corrected chi connectivity index (χ1v) is 6.06. The van der Waals surface area contributed by atoms with Gasteiger partial charge in [-0.3, -0.25) is 0 Å². The predicted octanol–water partition coefficient (Wildman–Crippen LogP) is 3.92. The summed E-state index contributed by atoms with van der Waals surface area (Å²) in [4.78, 5) is 0. The van der Waals surface area contributed by atoms with E-state index in [1.807, 2.05) is 37.7 Å². The number of rotatable bonds is 4. The molecular formula is C12H14O2S. The van der Waals surface area contributed by atoms with Gasteiger partial charge in [0.15, 0.2) is 0 Å². The lowest BCUT2D eigenvalue weighted by Gasteiger charge is -1.99. The van der Waals surface area contributed by atoms with Gasteiger partial charge in [-0.2, -0.15) is 11.8 Å². The summed E-state index contributed by atoms with van der Waals surface area (Å²) in [6.07, 6.45) is 3.49. The highest BCUT2D eigenvalue weighted by atomic mass is 32.2. The Kier molecular flexibility index (Phi) is 3.21. The van der Waals surface area contributed by atoms with E-state index < -0.39 is 0 Å². The average Bonchev–Trinajstić information content (AvgIpc) is 2.78. The molecule has 0 aliphatic carbocycles. The molecular weight excluding hydrogens is 208 g/mol. The van der Waals surface area contributed by atoms with Gasteiger partial charge in [0.2, 0.25) is 0 Å². The number of aryl methyl sites for hydroxylation is 2. The van der Waals surface area contributed by atoms with Crippen molar-refractivity contribution in [2.75, 3.05) is 0 Å². The number of hydrogen-bond acceptors (Lipinski definition) is 3. The van der Waals surface area contributed by atoms with Gasteiger partial charge in [0, 0.05) is 22.6 Å². The molecule has 2 heterocycles. The van der Waals surface area contributed by atoms with E-state index in [0.29, 0.717) is 0 Å². The molecule has 0 aliphatic heterocycles. The van der Waals surface area contributed by atoms with E-state index in [4.69, 9.17) is 8.83 Å². The highest BCUT2D eigenvalue weighted by Crippen LogP contribution is 2.22. The van der Waals surface area contributed by atoms with Gasteiger partial charge in [-0.1, -0.05) is 0 Å². The molecule has 0 fully saturated rings. The molecule has 2 nitrogen and oxygen atoms in total. The van der Waals surface area contributed by atoms with Crippen LogP contribution in [-0.4, -0.2) is 0 Å². The lowest BCUT2D eigenvalue weighted by molar-refractivity contribution is 0.531. The molecule has 80 valence electrons. The second-order valence-electron chi connectivity index (χ2n) is 3.50. The minimum atomic E-state index is 0.993. The molecule has 0 radical (unpaired) electrons. The lowest BCUT2D eigenvalue weighted by atomic mass is 10.3. The van der Waals surface area contributed by atoms with Crippen LogP contribution in [0.15, 0.2) is 33.5 Å². The van der Waals surface area contributed by atoms with Crippen molar-refractivity contribution in [3.8, 4) is 0 Å². The Labute approximate surface area is 93.7 Å². The van der Waals surface area contributed by atoms with E-state index in [1.165, 1.54) is 11.1 Å². The minimum Gasteiger partial charge on any atom is -0.469 e. The standard InChI is InChI=1S/C12H14O2S/c1-9-11(3-5-13-9)7-15-8-12-4-6-14-10(12)2/h3-6H,7-8H2,1-2H3. The number of thioether (sulfide) groups is 1. The first-order valence-electron chi connectivity index (χ1n) is 4.91. The Morgan fingerprint density at radius 2 is 1.40 bits per heavy atom. The van der Waals surface area contributed by atoms with Gasteiger partial charge in [0.1, 0.15) is 11.5 Å². The van der Waals surface area contributed by atoms with Gasteiger partial charge in [0.25, 0.3) is 0 Å². The van der Waals surface area contributed by atoms with E-state index in [2.05, 4.69) is 0 Å². The summed E-state index contributed by atoms with van der Waals surface area (Å²) in [5.74, 6) is 4.03. The molecule has 3 heteroatoms. The van der Waals surface area contributed by atoms with Crippen molar-refractivity contribution in [3.63, 3.8) is 0 Å². The van der Waals surface area contributed by atoms with E-state index >= 15 is 0 Å². The zero-order chi connectivity index (χ0) is 10.7. The summed E-state index contributed by atoms with van der Waals surface area (Å²) in [5, 5.41) is 0. The summed E-state index contributed by atoms with van der Waals surface area (Å²) < 4.78 is 10.5. The predicted molar refractivity (Wildman–Crippen MR) is 61.9 cm³/mol. The average molecular weight is 222 g/mol. The van der Waals surface area contributed by atoms with Gasteiger partial charge in [-0.15, -0.1) is 0 Å². The van der Waals surface area contributed by atoms with Crippen LogP contribution in [0.2, 0.25) is 0 Å². The Hall–Kier alpha value is -1.09. The molecule has 0 atom stereocenters. The molecule has 0 bridgehead atoms. The first-order chi connectivity index (χ1) is 7.27. The molecule has 2 rings (SSSR count). The maximum absolute atomic E-state index is 5.24. The van der Waals surface area contributed by atoms with Crippen LogP contribution >= 0.6 is 11.8 Å². The highest BCUT2D eigenvalue weighted by Gasteiger charge is 2.04. The molecule has 0 saturated heterocycles. The molecule has 2 aromatic heterocycles. The van der Waals surface area contributed by atoms with E-state index in [-0.39, 0.29) is 0 Å². The van der Waals surface area contributed by atoms with Gasteiger partial charge >= 0.3 is 0 Å². The largest absolute Gasteiger partial charge is 0.469 e. The molecule has 15 heavy (non-hydrogen) atoms. The second-order valence-corrected chi connectivity index (χ2v) is 4.48. The molecule has 0 spiro atoms. The zero-order valence-electron chi connectivity index (χ0n) is 8.95. The third-order valence-electron chi connectivity index (χ3n) is 2.45. The zero-order valence-corrected chi connectivity index (χ0v) is 9.76. The van der Waals surface area contributed by atoms with Gasteiger partial charge in [-0.25, -0.2) is 0 Å². The fourth-order valence-corrected chi connectivity index (χ4v) is 2.53. The molecule has 0 unspecified atom stereocenters. The monoisotopic (exact) mass is 222 g/mol. The maximum atomic E-state index is 5.24. The topological polar surface area (TPSA) is 26.3 Å². The van der Waals surface area contributed by atoms with E-state index in [9.17, 15) is 0 Å². The summed E-state index contributed by atoms with van der Waals surface area (Å²) in [5.41, 5.74) is 2.56. The van der Waals surface area contributed by atoms with Crippen molar-refractivity contribution in [1.82, 2.24) is 0 Å². The van der Waals surface area contributed by atoms with Crippen molar-refractivity contribution >= 4 is 11.8 Å². The summed E-state index contributed by atoms with van der Waals surface area (Å²) >= 11 is 1.88. The Morgan fingerprint density at radius 1 is 0.933 bits per heavy atom. The van der Waals surface area contributed by atoms with Crippen molar-refractivity contribution in [3.05, 3.63) is 47.3 Å². The van der Waals surface area contributed by atoms with Crippen LogP contribution in [0.4, 0.5) is 0 Å². The van der Waals surface area contributed by atoms with Crippen molar-refractivity contribution < 1.29 is 8.83 Å². The first kappa shape index (κ1) is 10.4. The SMILES string of the molecule is Cc1occc1CSCc1ccoc1C. The summed E-state index contributed by atoms with van der Waals surface area (Å²) in [6, 6.07) is 4.06. The van der Waals surface area contributed by atoms with Crippen LogP contribution in [0.25, 0.3) is 0 Å². The van der Waals surface area contributed by atoms with Crippen LogP contribution < -0.4 is 0 Å². The number of hydrogen-bond donors (Lipinski definition) is 0. The molecule has 0 amide bonds. The van der Waals surface area contributed by atoms with Crippen molar-refractivity contribution in [1.29, 1.82) is 0 Å². The molecule has 0 N–H and O–H groups in total. The van der Waals surface area contributed by atoms with Crippen LogP contribution in [0.1, 0.15) is 22.6 Å². The number of furan rings is 2. The summed E-state index contributed by atoms with van der Waals surface area (Å²) in [7, 11) is 0. The minimum absolute atomic E-state index is 0.993. The third-order valence-corrected chi connectivity index (χ3v) is 3.48. The fraction of sp³-hybridized carbons (Fsp3) is 0.333. The van der Waals surface area contributed by atoms with Crippen molar-refractivity contribution in [2.24, 2.45) is 0 Å². The van der Waals surface area contributed by atoms with Gasteiger partial charge in [-0.05, 0) is 26.0 Å². The molecule has 0 saturated carbocycles. The molecule has 0 aromatic carbocycles. The van der Waals surface area contributed by atoms with Crippen LogP contribution in [0.3, 0.4) is 0 Å². The fourth-order valence-electron chi connectivity index (χ4n) is 1.39. The summed E-state index contributed by atoms with van der Waals surface area (Å²) in [6.45, 7) is 4.00. The maximum Gasteiger partial charge on any atom is 0.104 e. The molecule has 0 aliphatic rings. The van der Waals surface area contributed by atoms with E-state index in [1.54, 1.807) is 12.5 Å². The quantitative estimate of drug-likeness (QED) is 0.784. The smallest absolute Gasteiger partial charge is 0.104 e. The highest BCUT2D eigenvalue weighted by molar-refractivity contribution is 7.97. The second kappa shape index (κ2) is 4.62. The normalized spacial score (nSPS) is 10.8. The van der Waals surface area contributed by atoms with Crippen LogP contribution in [0.5, 0.6) is 0 Å². The Balaban J connectivity index is 1.86. The van der Waals surface area contributed by atoms with Gasteiger partial charge in [0.05, 0.1) is 12.5 Å². The van der Waals surface area contributed by atoms with Crippen LogP contribution in [-0.2, 0) is 11.5 Å². The van der Waals surface area contributed by atoms with Gasteiger partial charge < -0.3 is 8.83 Å². The Bertz CT molecular complexity index is 388. The lowest BCUT2D eigenvalue weighted by Crippen LogP contribution is -1.83. The Morgan fingerprint density at radius 3 is 1.73 bits per heavy atom.